The van der Waals surface area contributed by atoms with Crippen LogP contribution in [0.1, 0.15) is 19.3 Å². The summed E-state index contributed by atoms with van der Waals surface area (Å²) in [7, 11) is 0. The third kappa shape index (κ3) is 2.92. The molecule has 6 heterocycles. The second-order valence-corrected chi connectivity index (χ2v) is 7.71. The molecule has 5 aromatic heterocycles. The highest BCUT2D eigenvalue weighted by Gasteiger charge is 2.22. The lowest BCUT2D eigenvalue weighted by molar-refractivity contribution is 0.578. The van der Waals surface area contributed by atoms with E-state index in [1.54, 1.807) is 36.9 Å². The molecule has 0 atom stereocenters. The Morgan fingerprint density at radius 3 is 2.68 bits per heavy atom. The zero-order valence-corrected chi connectivity index (χ0v) is 16.6. The molecule has 1 fully saturated rings. The van der Waals surface area contributed by atoms with Crippen LogP contribution in [-0.2, 0) is 0 Å². The van der Waals surface area contributed by atoms with Gasteiger partial charge in [-0.1, -0.05) is 0 Å². The molecular weight excluding hydrogens is 395 g/mol. The Kier molecular flexibility index (Phi) is 4.12. The van der Waals surface area contributed by atoms with Crippen LogP contribution in [0.4, 0.5) is 10.1 Å². The maximum absolute atomic E-state index is 15.5. The van der Waals surface area contributed by atoms with Crippen molar-refractivity contribution in [2.24, 2.45) is 0 Å². The van der Waals surface area contributed by atoms with Gasteiger partial charge >= 0.3 is 0 Å². The number of fused-ring (bicyclic) bond motifs is 2. The van der Waals surface area contributed by atoms with Gasteiger partial charge in [0.15, 0.2) is 11.6 Å². The monoisotopic (exact) mass is 414 g/mol. The van der Waals surface area contributed by atoms with E-state index < -0.39 is 5.82 Å². The van der Waals surface area contributed by atoms with Gasteiger partial charge in [0.1, 0.15) is 16.9 Å². The smallest absolute Gasteiger partial charge is 0.161 e. The van der Waals surface area contributed by atoms with Crippen LogP contribution in [0, 0.1) is 5.82 Å². The van der Waals surface area contributed by atoms with E-state index >= 15 is 4.39 Å². The molecule has 0 spiro atoms. The van der Waals surface area contributed by atoms with Crippen LogP contribution in [0.15, 0.2) is 43.1 Å². The predicted molar refractivity (Wildman–Crippen MR) is 116 cm³/mol. The summed E-state index contributed by atoms with van der Waals surface area (Å²) in [5.41, 5.74) is 4.39. The van der Waals surface area contributed by atoms with E-state index in [1.807, 2.05) is 6.20 Å². The first kappa shape index (κ1) is 17.9. The number of halogens is 1. The number of H-pyrrole nitrogens is 2. The van der Waals surface area contributed by atoms with Gasteiger partial charge in [0.2, 0.25) is 0 Å². The zero-order chi connectivity index (χ0) is 20.8. The molecule has 2 N–H and O–H groups in total. The molecule has 0 aliphatic carbocycles. The van der Waals surface area contributed by atoms with Gasteiger partial charge in [0.05, 0.1) is 40.7 Å². The van der Waals surface area contributed by atoms with Gasteiger partial charge < -0.3 is 9.88 Å². The Morgan fingerprint density at radius 2 is 1.84 bits per heavy atom. The highest BCUT2D eigenvalue weighted by atomic mass is 19.1. The Morgan fingerprint density at radius 1 is 0.935 bits per heavy atom. The maximum Gasteiger partial charge on any atom is 0.161 e. The number of pyridine rings is 3. The molecular formula is C22H19FN8. The topological polar surface area (TPSA) is 99.3 Å². The summed E-state index contributed by atoms with van der Waals surface area (Å²) in [6.07, 6.45) is 12.0. The van der Waals surface area contributed by atoms with Crippen molar-refractivity contribution in [1.82, 2.24) is 35.1 Å². The molecule has 0 bridgehead atoms. The minimum Gasteiger partial charge on any atom is -0.368 e. The number of aromatic amines is 2. The Hall–Kier alpha value is -3.88. The molecule has 6 rings (SSSR count). The molecule has 0 saturated carbocycles. The molecule has 1 saturated heterocycles. The van der Waals surface area contributed by atoms with E-state index in [1.165, 1.54) is 6.42 Å². The maximum atomic E-state index is 15.5. The average molecular weight is 414 g/mol. The molecule has 0 aromatic carbocycles. The van der Waals surface area contributed by atoms with Gasteiger partial charge in [-0.25, -0.2) is 9.37 Å². The van der Waals surface area contributed by atoms with Crippen molar-refractivity contribution in [2.75, 3.05) is 18.0 Å². The van der Waals surface area contributed by atoms with E-state index in [0.29, 0.717) is 28.0 Å². The second kappa shape index (κ2) is 7.12. The van der Waals surface area contributed by atoms with Crippen molar-refractivity contribution in [3.8, 4) is 22.8 Å². The van der Waals surface area contributed by atoms with Crippen molar-refractivity contribution >= 4 is 27.6 Å². The van der Waals surface area contributed by atoms with Crippen LogP contribution in [0.2, 0.25) is 0 Å². The molecule has 0 unspecified atom stereocenters. The number of aromatic nitrogens is 7. The Balaban J connectivity index is 1.51. The van der Waals surface area contributed by atoms with Crippen LogP contribution in [0.5, 0.6) is 0 Å². The minimum atomic E-state index is -0.455. The molecule has 5 aromatic rings. The lowest BCUT2D eigenvalue weighted by Gasteiger charge is -2.28. The highest BCUT2D eigenvalue weighted by Crippen LogP contribution is 2.34. The number of nitrogens with one attached hydrogen (secondary N) is 2. The van der Waals surface area contributed by atoms with Gasteiger partial charge in [-0.2, -0.15) is 5.10 Å². The standard InChI is InChI=1S/C22H19FN8/c23-18-17-14(11-26-19(18)13-5-4-6-24-9-13)29-30-21(17)22-27-15-10-25-12-16(20(15)28-22)31-7-2-1-3-8-31/h4-6,9-12H,1-3,7-8H2,(H,27,28)(H,29,30). The fourth-order valence-electron chi connectivity index (χ4n) is 4.25. The van der Waals surface area contributed by atoms with Crippen LogP contribution >= 0.6 is 0 Å². The fraction of sp³-hybridized carbons (Fsp3) is 0.227. The highest BCUT2D eigenvalue weighted by molar-refractivity contribution is 5.96. The quantitative estimate of drug-likeness (QED) is 0.461. The lowest BCUT2D eigenvalue weighted by Crippen LogP contribution is -2.29. The summed E-state index contributed by atoms with van der Waals surface area (Å²) in [5.74, 6) is 0.0406. The predicted octanol–water partition coefficient (Wildman–Crippen LogP) is 4.09. The summed E-state index contributed by atoms with van der Waals surface area (Å²) < 4.78 is 15.5. The second-order valence-electron chi connectivity index (χ2n) is 7.71. The van der Waals surface area contributed by atoms with Crippen LogP contribution in [-0.4, -0.2) is 48.2 Å². The van der Waals surface area contributed by atoms with E-state index in [4.69, 9.17) is 4.98 Å². The summed E-state index contributed by atoms with van der Waals surface area (Å²) >= 11 is 0. The summed E-state index contributed by atoms with van der Waals surface area (Å²) in [5, 5.41) is 7.57. The van der Waals surface area contributed by atoms with Crippen molar-refractivity contribution in [3.63, 3.8) is 0 Å². The number of piperidine rings is 1. The summed E-state index contributed by atoms with van der Waals surface area (Å²) in [6.45, 7) is 1.98. The lowest BCUT2D eigenvalue weighted by atomic mass is 10.1. The van der Waals surface area contributed by atoms with Crippen LogP contribution in [0.3, 0.4) is 0 Å². The van der Waals surface area contributed by atoms with Crippen molar-refractivity contribution < 1.29 is 4.39 Å². The average Bonchev–Trinajstić information content (AvgIpc) is 3.45. The Bertz CT molecular complexity index is 1390. The first-order chi connectivity index (χ1) is 15.3. The van der Waals surface area contributed by atoms with Crippen molar-refractivity contribution in [2.45, 2.75) is 19.3 Å². The fourth-order valence-corrected chi connectivity index (χ4v) is 4.25. The molecule has 0 radical (unpaired) electrons. The number of hydrogen-bond donors (Lipinski definition) is 2. The normalized spacial score (nSPS) is 14.5. The largest absolute Gasteiger partial charge is 0.368 e. The number of imidazole rings is 1. The summed E-state index contributed by atoms with van der Waals surface area (Å²) in [4.78, 5) is 23.1. The van der Waals surface area contributed by atoms with Crippen molar-refractivity contribution in [1.29, 1.82) is 0 Å². The molecule has 1 aliphatic heterocycles. The number of hydrogen-bond acceptors (Lipinski definition) is 6. The zero-order valence-electron chi connectivity index (χ0n) is 16.6. The number of nitrogens with zero attached hydrogens (tertiary/aromatic N) is 6. The first-order valence-electron chi connectivity index (χ1n) is 10.3. The third-order valence-electron chi connectivity index (χ3n) is 5.78. The molecule has 9 heteroatoms. The summed E-state index contributed by atoms with van der Waals surface area (Å²) in [6, 6.07) is 3.53. The number of rotatable bonds is 3. The molecule has 0 amide bonds. The number of anilines is 1. The Labute approximate surface area is 176 Å². The van der Waals surface area contributed by atoms with Crippen LogP contribution < -0.4 is 4.90 Å². The molecule has 1 aliphatic rings. The third-order valence-corrected chi connectivity index (χ3v) is 5.78. The van der Waals surface area contributed by atoms with Gasteiger partial charge in [0.25, 0.3) is 0 Å². The van der Waals surface area contributed by atoms with E-state index in [2.05, 4.69) is 35.0 Å². The van der Waals surface area contributed by atoms with Crippen LogP contribution in [0.25, 0.3) is 44.7 Å². The van der Waals surface area contributed by atoms with E-state index in [9.17, 15) is 0 Å². The molecule has 8 nitrogen and oxygen atoms in total. The molecule has 31 heavy (non-hydrogen) atoms. The van der Waals surface area contributed by atoms with Gasteiger partial charge in [-0.05, 0) is 31.4 Å². The van der Waals surface area contributed by atoms with Crippen molar-refractivity contribution in [3.05, 3.63) is 48.9 Å². The van der Waals surface area contributed by atoms with Gasteiger partial charge in [0, 0.05) is 31.0 Å². The molecule has 154 valence electrons. The van der Waals surface area contributed by atoms with Gasteiger partial charge in [-0.3, -0.25) is 20.1 Å². The SMILES string of the molecule is Fc1c(-c2cccnc2)ncc2[nH]nc(-c3nc4c(N5CCCCC5)cncc4[nH]3)c12. The van der Waals surface area contributed by atoms with E-state index in [-0.39, 0.29) is 5.69 Å². The van der Waals surface area contributed by atoms with E-state index in [0.717, 1.165) is 42.7 Å². The first-order valence-corrected chi connectivity index (χ1v) is 10.3. The van der Waals surface area contributed by atoms with Gasteiger partial charge in [-0.15, -0.1) is 0 Å². The minimum absolute atomic E-state index is 0.232.